The van der Waals surface area contributed by atoms with E-state index in [9.17, 15) is 14.4 Å². The van der Waals surface area contributed by atoms with Crippen LogP contribution >= 0.6 is 0 Å². The number of esters is 1. The van der Waals surface area contributed by atoms with E-state index in [1.807, 2.05) is 0 Å². The van der Waals surface area contributed by atoms with Crippen LogP contribution in [-0.4, -0.2) is 48.7 Å². The maximum Gasteiger partial charge on any atom is 0.326 e. The largest absolute Gasteiger partial charge is 0.480 e. The van der Waals surface area contributed by atoms with Gasteiger partial charge in [0.2, 0.25) is 5.91 Å². The zero-order valence-corrected chi connectivity index (χ0v) is 11.0. The molecule has 1 fully saturated rings. The van der Waals surface area contributed by atoms with Gasteiger partial charge in [-0.15, -0.1) is 0 Å². The summed E-state index contributed by atoms with van der Waals surface area (Å²) in [5.74, 6) is -1.96. The monoisotopic (exact) mass is 272 g/mol. The fourth-order valence-corrected chi connectivity index (χ4v) is 1.97. The van der Waals surface area contributed by atoms with Gasteiger partial charge in [-0.2, -0.15) is 0 Å². The third-order valence-electron chi connectivity index (χ3n) is 3.11. The van der Waals surface area contributed by atoms with E-state index in [1.165, 1.54) is 7.11 Å². The lowest BCUT2D eigenvalue weighted by Gasteiger charge is -2.24. The van der Waals surface area contributed by atoms with Gasteiger partial charge in [0, 0.05) is 6.42 Å². The summed E-state index contributed by atoms with van der Waals surface area (Å²) in [6, 6.07) is -1.40. The van der Waals surface area contributed by atoms with Crippen molar-refractivity contribution < 1.29 is 24.2 Å². The predicted molar refractivity (Wildman–Crippen MR) is 66.5 cm³/mol. The first-order valence-corrected chi connectivity index (χ1v) is 6.38. The van der Waals surface area contributed by atoms with Crippen LogP contribution in [0.1, 0.15) is 32.1 Å². The maximum atomic E-state index is 11.9. The highest BCUT2D eigenvalue weighted by Gasteiger charge is 2.26. The van der Waals surface area contributed by atoms with Crippen molar-refractivity contribution in [2.24, 2.45) is 0 Å². The van der Waals surface area contributed by atoms with Crippen LogP contribution in [0.3, 0.4) is 0 Å². The average molecular weight is 272 g/mol. The van der Waals surface area contributed by atoms with E-state index >= 15 is 0 Å². The number of aliphatic carboxylic acids is 1. The van der Waals surface area contributed by atoms with E-state index in [0.29, 0.717) is 6.42 Å². The van der Waals surface area contributed by atoms with Gasteiger partial charge in [-0.1, -0.05) is 6.42 Å². The van der Waals surface area contributed by atoms with Crippen LogP contribution in [0.15, 0.2) is 0 Å². The molecule has 1 heterocycles. The first-order chi connectivity index (χ1) is 9.04. The number of carbonyl (C=O) groups excluding carboxylic acids is 2. The molecule has 0 aromatic heterocycles. The zero-order chi connectivity index (χ0) is 14.3. The minimum atomic E-state index is -1.15. The summed E-state index contributed by atoms with van der Waals surface area (Å²) in [6.45, 7) is 0.762. The molecule has 7 nitrogen and oxygen atoms in total. The van der Waals surface area contributed by atoms with Crippen molar-refractivity contribution in [1.82, 2.24) is 10.6 Å². The minimum Gasteiger partial charge on any atom is -0.480 e. The molecule has 0 saturated carbocycles. The molecule has 1 rings (SSSR count). The van der Waals surface area contributed by atoms with E-state index in [-0.39, 0.29) is 24.8 Å². The van der Waals surface area contributed by atoms with Gasteiger partial charge in [-0.05, 0) is 25.8 Å². The molecule has 0 aliphatic carbocycles. The molecule has 1 saturated heterocycles. The average Bonchev–Trinajstić information content (AvgIpc) is 2.43. The number of hydrogen-bond acceptors (Lipinski definition) is 5. The van der Waals surface area contributed by atoms with Crippen LogP contribution in [0, 0.1) is 0 Å². The topological polar surface area (TPSA) is 105 Å². The Morgan fingerprint density at radius 2 is 2.16 bits per heavy atom. The molecule has 0 spiro atoms. The third kappa shape index (κ3) is 5.25. The molecular weight excluding hydrogens is 252 g/mol. The number of methoxy groups -OCH3 is 1. The lowest BCUT2D eigenvalue weighted by atomic mass is 10.0. The zero-order valence-electron chi connectivity index (χ0n) is 11.0. The molecule has 1 unspecified atom stereocenters. The normalized spacial score (nSPS) is 20.4. The van der Waals surface area contributed by atoms with Gasteiger partial charge >= 0.3 is 11.9 Å². The van der Waals surface area contributed by atoms with E-state index in [1.54, 1.807) is 0 Å². The van der Waals surface area contributed by atoms with Crippen molar-refractivity contribution in [2.45, 2.75) is 44.2 Å². The van der Waals surface area contributed by atoms with Crippen molar-refractivity contribution >= 4 is 17.8 Å². The highest BCUT2D eigenvalue weighted by molar-refractivity contribution is 5.87. The Morgan fingerprint density at radius 3 is 2.68 bits per heavy atom. The summed E-state index contributed by atoms with van der Waals surface area (Å²) < 4.78 is 4.44. The number of nitrogens with one attached hydrogen (secondary N) is 2. The van der Waals surface area contributed by atoms with Gasteiger partial charge < -0.3 is 20.5 Å². The molecule has 0 aromatic carbocycles. The Hall–Kier alpha value is -1.63. The summed E-state index contributed by atoms with van der Waals surface area (Å²) in [6.07, 6.45) is 2.67. The van der Waals surface area contributed by atoms with Crippen LogP contribution in [0.4, 0.5) is 0 Å². The van der Waals surface area contributed by atoms with Gasteiger partial charge in [0.1, 0.15) is 6.04 Å². The van der Waals surface area contributed by atoms with Gasteiger partial charge in [0.15, 0.2) is 0 Å². The predicted octanol–water partition coefficient (Wildman–Crippen LogP) is -0.349. The standard InChI is InChI=1S/C12H20N2O5/c1-19-10(15)6-5-9(12(17)18)14-11(16)8-4-2-3-7-13-8/h8-9,13H,2-7H2,1H3,(H,14,16)(H,17,18)/t8-,9?/m0/s1. The molecular formula is C12H20N2O5. The summed E-state index contributed by atoms with van der Waals surface area (Å²) in [4.78, 5) is 33.9. The van der Waals surface area contributed by atoms with E-state index in [4.69, 9.17) is 5.11 Å². The summed E-state index contributed by atoms with van der Waals surface area (Å²) >= 11 is 0. The number of carboxylic acids is 1. The minimum absolute atomic E-state index is 0.0282. The lowest BCUT2D eigenvalue weighted by Crippen LogP contribution is -2.51. The number of carbonyl (C=O) groups is 3. The van der Waals surface area contributed by atoms with Gasteiger partial charge in [-0.3, -0.25) is 9.59 Å². The van der Waals surface area contributed by atoms with Gasteiger partial charge in [0.05, 0.1) is 13.2 Å². The van der Waals surface area contributed by atoms with Gasteiger partial charge in [-0.25, -0.2) is 4.79 Å². The van der Waals surface area contributed by atoms with Crippen molar-refractivity contribution in [3.8, 4) is 0 Å². The fourth-order valence-electron chi connectivity index (χ4n) is 1.97. The Balaban J connectivity index is 2.45. The molecule has 0 radical (unpaired) electrons. The summed E-state index contributed by atoms with van der Waals surface area (Å²) in [7, 11) is 1.24. The molecule has 3 N–H and O–H groups in total. The Labute approximate surface area is 111 Å². The first-order valence-electron chi connectivity index (χ1n) is 6.38. The Bertz CT molecular complexity index is 339. The SMILES string of the molecule is COC(=O)CCC(NC(=O)[C@@H]1CCCCN1)C(=O)O. The second kappa shape index (κ2) is 7.73. The van der Waals surface area contributed by atoms with E-state index < -0.39 is 18.0 Å². The molecule has 0 aromatic rings. The number of ether oxygens (including phenoxy) is 1. The van der Waals surface area contributed by atoms with E-state index in [0.717, 1.165) is 19.4 Å². The highest BCUT2D eigenvalue weighted by Crippen LogP contribution is 2.08. The second-order valence-electron chi connectivity index (χ2n) is 4.52. The Morgan fingerprint density at radius 1 is 1.42 bits per heavy atom. The van der Waals surface area contributed by atoms with Crippen LogP contribution in [-0.2, 0) is 19.1 Å². The van der Waals surface area contributed by atoms with Gasteiger partial charge in [0.25, 0.3) is 0 Å². The second-order valence-corrected chi connectivity index (χ2v) is 4.52. The number of carboxylic acid groups (broad SMARTS) is 1. The van der Waals surface area contributed by atoms with Crippen LogP contribution in [0.25, 0.3) is 0 Å². The highest BCUT2D eigenvalue weighted by atomic mass is 16.5. The molecule has 0 bridgehead atoms. The quantitative estimate of drug-likeness (QED) is 0.571. The van der Waals surface area contributed by atoms with Crippen LogP contribution in [0.2, 0.25) is 0 Å². The molecule has 19 heavy (non-hydrogen) atoms. The first kappa shape index (κ1) is 15.4. The molecule has 1 aliphatic heterocycles. The molecule has 108 valence electrons. The van der Waals surface area contributed by atoms with Crippen molar-refractivity contribution in [3.05, 3.63) is 0 Å². The van der Waals surface area contributed by atoms with Crippen molar-refractivity contribution in [2.75, 3.05) is 13.7 Å². The molecule has 1 amide bonds. The number of amides is 1. The van der Waals surface area contributed by atoms with Crippen molar-refractivity contribution in [1.29, 1.82) is 0 Å². The maximum absolute atomic E-state index is 11.9. The van der Waals surface area contributed by atoms with Crippen molar-refractivity contribution in [3.63, 3.8) is 0 Å². The number of rotatable bonds is 6. The summed E-state index contributed by atoms with van der Waals surface area (Å²) in [5.41, 5.74) is 0. The number of piperidine rings is 1. The van der Waals surface area contributed by atoms with E-state index in [2.05, 4.69) is 15.4 Å². The lowest BCUT2D eigenvalue weighted by molar-refractivity contribution is -0.144. The molecule has 1 aliphatic rings. The number of hydrogen-bond donors (Lipinski definition) is 3. The third-order valence-corrected chi connectivity index (χ3v) is 3.11. The smallest absolute Gasteiger partial charge is 0.326 e. The summed E-state index contributed by atoms with van der Waals surface area (Å²) in [5, 5.41) is 14.5. The fraction of sp³-hybridized carbons (Fsp3) is 0.750. The van der Waals surface area contributed by atoms with Crippen LogP contribution < -0.4 is 10.6 Å². The molecule has 2 atom stereocenters. The van der Waals surface area contributed by atoms with Crippen LogP contribution in [0.5, 0.6) is 0 Å². The molecule has 7 heteroatoms. The Kier molecular flexibility index (Phi) is 6.27.